The molecule has 0 heterocycles. The molecule has 0 aliphatic heterocycles. The molecule has 0 aromatic carbocycles. The van der Waals surface area contributed by atoms with Crippen LogP contribution < -0.4 is 0 Å². The second-order valence-electron chi connectivity index (χ2n) is 3.83. The number of hydrogen-bond donors (Lipinski definition) is 1. The van der Waals surface area contributed by atoms with E-state index in [0.717, 1.165) is 12.8 Å². The van der Waals surface area contributed by atoms with Crippen LogP contribution in [0.4, 0.5) is 0 Å². The summed E-state index contributed by atoms with van der Waals surface area (Å²) in [7, 11) is -2.99. The van der Waals surface area contributed by atoms with Crippen LogP contribution in [-0.2, 0) is 14.6 Å². The van der Waals surface area contributed by atoms with Gasteiger partial charge in [-0.3, -0.25) is 9.69 Å². The number of sulfone groups is 1. The van der Waals surface area contributed by atoms with Crippen molar-refractivity contribution in [3.05, 3.63) is 0 Å². The highest BCUT2D eigenvalue weighted by atomic mass is 32.2. The molecule has 1 rings (SSSR count). The lowest BCUT2D eigenvalue weighted by atomic mass is 10.4. The first kappa shape index (κ1) is 12.4. The summed E-state index contributed by atoms with van der Waals surface area (Å²) in [4.78, 5) is 12.3. The van der Waals surface area contributed by atoms with Crippen molar-refractivity contribution in [2.24, 2.45) is 0 Å². The standard InChI is InChI=1S/C9H17NO4S/c1-2-15(13,14)6-5-10(7-9(11)12)8-3-4-8/h8H,2-7H2,1H3,(H,11,12). The van der Waals surface area contributed by atoms with Crippen molar-refractivity contribution in [2.75, 3.05) is 24.6 Å². The van der Waals surface area contributed by atoms with Gasteiger partial charge in [-0.05, 0) is 12.8 Å². The molecule has 0 aromatic heterocycles. The van der Waals surface area contributed by atoms with Crippen LogP contribution in [0.2, 0.25) is 0 Å². The Morgan fingerprint density at radius 3 is 2.47 bits per heavy atom. The molecule has 5 nitrogen and oxygen atoms in total. The second-order valence-corrected chi connectivity index (χ2v) is 6.30. The number of hydrogen-bond acceptors (Lipinski definition) is 4. The molecule has 1 N–H and O–H groups in total. The van der Waals surface area contributed by atoms with Gasteiger partial charge in [-0.25, -0.2) is 8.42 Å². The van der Waals surface area contributed by atoms with E-state index in [-0.39, 0.29) is 24.1 Å². The molecule has 0 aromatic rings. The van der Waals surface area contributed by atoms with Gasteiger partial charge in [0.1, 0.15) is 0 Å². The lowest BCUT2D eigenvalue weighted by Crippen LogP contribution is -2.36. The van der Waals surface area contributed by atoms with Crippen LogP contribution in [-0.4, -0.2) is 55.0 Å². The van der Waals surface area contributed by atoms with Crippen molar-refractivity contribution in [3.63, 3.8) is 0 Å². The van der Waals surface area contributed by atoms with E-state index in [1.54, 1.807) is 11.8 Å². The Bertz CT molecular complexity index is 321. The molecule has 1 aliphatic carbocycles. The number of carboxylic acid groups (broad SMARTS) is 1. The zero-order valence-electron chi connectivity index (χ0n) is 8.85. The van der Waals surface area contributed by atoms with Gasteiger partial charge in [-0.2, -0.15) is 0 Å². The Kier molecular flexibility index (Phi) is 4.10. The first-order chi connectivity index (χ1) is 6.94. The van der Waals surface area contributed by atoms with Crippen LogP contribution >= 0.6 is 0 Å². The molecule has 15 heavy (non-hydrogen) atoms. The summed E-state index contributed by atoms with van der Waals surface area (Å²) in [6, 6.07) is 0.285. The molecular formula is C9H17NO4S. The summed E-state index contributed by atoms with van der Waals surface area (Å²) < 4.78 is 22.5. The smallest absolute Gasteiger partial charge is 0.317 e. The molecule has 6 heteroatoms. The molecule has 88 valence electrons. The topological polar surface area (TPSA) is 74.7 Å². The van der Waals surface area contributed by atoms with E-state index >= 15 is 0 Å². The number of nitrogens with zero attached hydrogens (tertiary/aromatic N) is 1. The monoisotopic (exact) mass is 235 g/mol. The van der Waals surface area contributed by atoms with Crippen molar-refractivity contribution in [1.82, 2.24) is 4.90 Å². The lowest BCUT2D eigenvalue weighted by Gasteiger charge is -2.18. The zero-order chi connectivity index (χ0) is 11.5. The van der Waals surface area contributed by atoms with Crippen molar-refractivity contribution >= 4 is 15.8 Å². The van der Waals surface area contributed by atoms with Gasteiger partial charge >= 0.3 is 5.97 Å². The quantitative estimate of drug-likeness (QED) is 0.670. The largest absolute Gasteiger partial charge is 0.480 e. The minimum absolute atomic E-state index is 0.0517. The SMILES string of the molecule is CCS(=O)(=O)CCN(CC(=O)O)C1CC1. The van der Waals surface area contributed by atoms with Gasteiger partial charge < -0.3 is 5.11 Å². The average Bonchev–Trinajstić information content (AvgIpc) is 2.95. The predicted octanol–water partition coefficient (Wildman–Crippen LogP) is -0.0299. The zero-order valence-corrected chi connectivity index (χ0v) is 9.66. The summed E-state index contributed by atoms with van der Waals surface area (Å²) in [6.07, 6.45) is 1.97. The third-order valence-corrected chi connectivity index (χ3v) is 4.22. The van der Waals surface area contributed by atoms with Crippen molar-refractivity contribution in [3.8, 4) is 0 Å². The first-order valence-corrected chi connectivity index (χ1v) is 6.93. The summed E-state index contributed by atoms with van der Waals surface area (Å²) in [6.45, 7) is 1.89. The fraction of sp³-hybridized carbons (Fsp3) is 0.889. The van der Waals surface area contributed by atoms with Crippen molar-refractivity contribution in [1.29, 1.82) is 0 Å². The Morgan fingerprint density at radius 2 is 2.07 bits per heavy atom. The van der Waals surface area contributed by atoms with Crippen LogP contribution in [0, 0.1) is 0 Å². The molecular weight excluding hydrogens is 218 g/mol. The van der Waals surface area contributed by atoms with Crippen molar-refractivity contribution < 1.29 is 18.3 Å². The molecule has 0 radical (unpaired) electrons. The van der Waals surface area contributed by atoms with E-state index < -0.39 is 15.8 Å². The molecule has 0 bridgehead atoms. The second kappa shape index (κ2) is 4.94. The van der Waals surface area contributed by atoms with E-state index in [9.17, 15) is 13.2 Å². The summed E-state index contributed by atoms with van der Waals surface area (Å²) in [5.74, 6) is -0.706. The third-order valence-electron chi connectivity index (χ3n) is 2.53. The van der Waals surface area contributed by atoms with Gasteiger partial charge in [-0.15, -0.1) is 0 Å². The van der Waals surface area contributed by atoms with Crippen LogP contribution in [0.25, 0.3) is 0 Å². The summed E-state index contributed by atoms with van der Waals surface area (Å²) in [5.41, 5.74) is 0. The van der Waals surface area contributed by atoms with Gasteiger partial charge in [0.15, 0.2) is 9.84 Å². The molecule has 0 spiro atoms. The van der Waals surface area contributed by atoms with E-state index in [1.165, 1.54) is 0 Å². The van der Waals surface area contributed by atoms with Gasteiger partial charge in [0.2, 0.25) is 0 Å². The van der Waals surface area contributed by atoms with Crippen LogP contribution in [0.3, 0.4) is 0 Å². The highest BCUT2D eigenvalue weighted by molar-refractivity contribution is 7.91. The normalized spacial score (nSPS) is 16.9. The number of rotatable bonds is 7. The molecule has 1 fully saturated rings. The summed E-state index contributed by atoms with van der Waals surface area (Å²) >= 11 is 0. The van der Waals surface area contributed by atoms with Gasteiger partial charge in [0, 0.05) is 18.3 Å². The fourth-order valence-electron chi connectivity index (χ4n) is 1.40. The number of carboxylic acids is 1. The van der Waals surface area contributed by atoms with Crippen LogP contribution in [0.1, 0.15) is 19.8 Å². The molecule has 1 saturated carbocycles. The number of aliphatic carboxylic acids is 1. The Morgan fingerprint density at radius 1 is 1.47 bits per heavy atom. The van der Waals surface area contributed by atoms with Gasteiger partial charge in [-0.1, -0.05) is 6.92 Å². The Hall–Kier alpha value is -0.620. The minimum Gasteiger partial charge on any atom is -0.480 e. The fourth-order valence-corrected chi connectivity index (χ4v) is 2.21. The van der Waals surface area contributed by atoms with E-state index in [2.05, 4.69) is 0 Å². The lowest BCUT2D eigenvalue weighted by molar-refractivity contribution is -0.138. The van der Waals surface area contributed by atoms with Gasteiger partial charge in [0.25, 0.3) is 0 Å². The molecule has 0 unspecified atom stereocenters. The first-order valence-electron chi connectivity index (χ1n) is 5.11. The maximum Gasteiger partial charge on any atom is 0.317 e. The highest BCUT2D eigenvalue weighted by Crippen LogP contribution is 2.26. The van der Waals surface area contributed by atoms with Gasteiger partial charge in [0.05, 0.1) is 12.3 Å². The maximum atomic E-state index is 11.3. The average molecular weight is 235 g/mol. The third kappa shape index (κ3) is 4.61. The summed E-state index contributed by atoms with van der Waals surface area (Å²) in [5, 5.41) is 8.66. The molecule has 0 amide bonds. The predicted molar refractivity (Wildman–Crippen MR) is 56.6 cm³/mol. The van der Waals surface area contributed by atoms with E-state index in [0.29, 0.717) is 6.54 Å². The molecule has 0 atom stereocenters. The molecule has 1 aliphatic rings. The molecule has 0 saturated heterocycles. The maximum absolute atomic E-state index is 11.3. The van der Waals surface area contributed by atoms with Crippen LogP contribution in [0.15, 0.2) is 0 Å². The Labute approximate surface area is 90.0 Å². The van der Waals surface area contributed by atoms with E-state index in [1.807, 2.05) is 0 Å². The number of carbonyl (C=O) groups is 1. The minimum atomic E-state index is -2.99. The van der Waals surface area contributed by atoms with E-state index in [4.69, 9.17) is 5.11 Å². The van der Waals surface area contributed by atoms with Crippen molar-refractivity contribution in [2.45, 2.75) is 25.8 Å². The van der Waals surface area contributed by atoms with Crippen LogP contribution in [0.5, 0.6) is 0 Å². The highest BCUT2D eigenvalue weighted by Gasteiger charge is 2.30. The Balaban J connectivity index is 2.41.